The first-order valence-corrected chi connectivity index (χ1v) is 7.29. The van der Waals surface area contributed by atoms with E-state index in [0.29, 0.717) is 31.3 Å². The summed E-state index contributed by atoms with van der Waals surface area (Å²) in [7, 11) is 1.54. The molecule has 120 valence electrons. The molecule has 1 saturated heterocycles. The number of methoxy groups -OCH3 is 1. The van der Waals surface area contributed by atoms with Gasteiger partial charge in [0.15, 0.2) is 0 Å². The van der Waals surface area contributed by atoms with E-state index in [9.17, 15) is 9.18 Å². The summed E-state index contributed by atoms with van der Waals surface area (Å²) >= 11 is 0. The van der Waals surface area contributed by atoms with Crippen LogP contribution < -0.4 is 9.64 Å². The highest BCUT2D eigenvalue weighted by molar-refractivity contribution is 5.82. The highest BCUT2D eigenvalue weighted by Crippen LogP contribution is 2.18. The molecule has 2 heterocycles. The second-order valence-corrected chi connectivity index (χ2v) is 5.28. The number of hydrogen-bond donors (Lipinski definition) is 0. The van der Waals surface area contributed by atoms with Crippen molar-refractivity contribution in [1.29, 1.82) is 0 Å². The number of hydrogen-bond acceptors (Lipinski definition) is 5. The third-order valence-electron chi connectivity index (χ3n) is 3.77. The third-order valence-corrected chi connectivity index (χ3v) is 3.77. The number of benzene rings is 1. The van der Waals surface area contributed by atoms with Crippen LogP contribution in [0.3, 0.4) is 0 Å². The van der Waals surface area contributed by atoms with E-state index in [1.165, 1.54) is 25.6 Å². The van der Waals surface area contributed by atoms with Crippen LogP contribution in [0.4, 0.5) is 10.2 Å². The molecule has 6 nitrogen and oxygen atoms in total. The number of rotatable bonds is 4. The molecule has 1 aromatic heterocycles. The number of halogens is 1. The molecule has 0 unspecified atom stereocenters. The van der Waals surface area contributed by atoms with Gasteiger partial charge in [-0.2, -0.15) is 0 Å². The first-order chi connectivity index (χ1) is 11.2. The summed E-state index contributed by atoms with van der Waals surface area (Å²) in [6, 6.07) is 7.92. The lowest BCUT2D eigenvalue weighted by Gasteiger charge is -2.35. The molecule has 0 saturated carbocycles. The summed E-state index contributed by atoms with van der Waals surface area (Å²) in [4.78, 5) is 24.2. The highest BCUT2D eigenvalue weighted by atomic mass is 19.1. The number of carbonyl (C=O) groups excluding carboxylic acids is 1. The summed E-state index contributed by atoms with van der Waals surface area (Å²) in [6.07, 6.45) is 1.42. The zero-order valence-corrected chi connectivity index (χ0v) is 12.8. The average Bonchev–Trinajstić information content (AvgIpc) is 2.58. The van der Waals surface area contributed by atoms with Gasteiger partial charge in [-0.3, -0.25) is 4.79 Å². The van der Waals surface area contributed by atoms with Crippen molar-refractivity contribution in [2.75, 3.05) is 31.6 Å². The van der Waals surface area contributed by atoms with E-state index in [1.54, 1.807) is 23.1 Å². The van der Waals surface area contributed by atoms with E-state index in [4.69, 9.17) is 4.74 Å². The van der Waals surface area contributed by atoms with Crippen LogP contribution in [0.15, 0.2) is 36.7 Å². The van der Waals surface area contributed by atoms with Gasteiger partial charge in [-0.15, -0.1) is 0 Å². The first-order valence-electron chi connectivity index (χ1n) is 7.29. The standard InChI is InChI=1S/C16H17FN4O2/c1-23-15-8-14(18-11-19-15)20-6-7-21(16(22)10-20)9-12-2-4-13(17)5-3-12/h2-5,8,11H,6-7,9-10H2,1H3. The van der Waals surface area contributed by atoms with Crippen LogP contribution in [0, 0.1) is 5.82 Å². The van der Waals surface area contributed by atoms with E-state index in [0.717, 1.165) is 5.56 Å². The monoisotopic (exact) mass is 316 g/mol. The van der Waals surface area contributed by atoms with Crippen molar-refractivity contribution in [3.8, 4) is 5.88 Å². The Labute approximate surface area is 133 Å². The van der Waals surface area contributed by atoms with Crippen LogP contribution in [-0.2, 0) is 11.3 Å². The minimum Gasteiger partial charge on any atom is -0.481 e. The van der Waals surface area contributed by atoms with E-state index >= 15 is 0 Å². The minimum absolute atomic E-state index is 0.0122. The van der Waals surface area contributed by atoms with Crippen LogP contribution in [0.5, 0.6) is 5.88 Å². The van der Waals surface area contributed by atoms with Gasteiger partial charge in [-0.25, -0.2) is 14.4 Å². The maximum Gasteiger partial charge on any atom is 0.242 e. The number of amides is 1. The number of anilines is 1. The molecule has 1 aliphatic rings. The first kappa shape index (κ1) is 15.2. The molecule has 0 N–H and O–H groups in total. The fourth-order valence-corrected chi connectivity index (χ4v) is 2.50. The van der Waals surface area contributed by atoms with Crippen LogP contribution in [0.25, 0.3) is 0 Å². The lowest BCUT2D eigenvalue weighted by atomic mass is 10.2. The van der Waals surface area contributed by atoms with Crippen molar-refractivity contribution in [3.63, 3.8) is 0 Å². The highest BCUT2D eigenvalue weighted by Gasteiger charge is 2.25. The molecule has 23 heavy (non-hydrogen) atoms. The zero-order chi connectivity index (χ0) is 16.2. The number of aromatic nitrogens is 2. The van der Waals surface area contributed by atoms with Crippen LogP contribution in [0.1, 0.15) is 5.56 Å². The van der Waals surface area contributed by atoms with Crippen molar-refractivity contribution in [2.45, 2.75) is 6.54 Å². The predicted octanol–water partition coefficient (Wildman–Crippen LogP) is 1.47. The normalized spacial score (nSPS) is 15.0. The Balaban J connectivity index is 1.65. The van der Waals surface area contributed by atoms with Gasteiger partial charge >= 0.3 is 0 Å². The summed E-state index contributed by atoms with van der Waals surface area (Å²) < 4.78 is 18.0. The predicted molar refractivity (Wildman–Crippen MR) is 82.6 cm³/mol. The van der Waals surface area contributed by atoms with Gasteiger partial charge in [0.1, 0.15) is 18.0 Å². The van der Waals surface area contributed by atoms with Crippen LogP contribution >= 0.6 is 0 Å². The molecule has 1 aromatic carbocycles. The Hall–Kier alpha value is -2.70. The summed E-state index contributed by atoms with van der Waals surface area (Å²) in [5.74, 6) is 0.878. The molecule has 0 aliphatic carbocycles. The zero-order valence-electron chi connectivity index (χ0n) is 12.8. The van der Waals surface area contributed by atoms with Crippen LogP contribution in [-0.4, -0.2) is 47.5 Å². The maximum atomic E-state index is 12.9. The van der Waals surface area contributed by atoms with E-state index in [1.807, 2.05) is 4.90 Å². The molecule has 0 bridgehead atoms. The lowest BCUT2D eigenvalue weighted by Crippen LogP contribution is -2.50. The molecule has 7 heteroatoms. The van der Waals surface area contributed by atoms with Crippen molar-refractivity contribution < 1.29 is 13.9 Å². The molecule has 1 amide bonds. The molecule has 0 spiro atoms. The molecular formula is C16H17FN4O2. The summed E-state index contributed by atoms with van der Waals surface area (Å²) in [6.45, 7) is 2.00. The smallest absolute Gasteiger partial charge is 0.242 e. The van der Waals surface area contributed by atoms with Crippen molar-refractivity contribution in [1.82, 2.24) is 14.9 Å². The molecule has 1 aliphatic heterocycles. The van der Waals surface area contributed by atoms with Crippen molar-refractivity contribution in [2.24, 2.45) is 0 Å². The Kier molecular flexibility index (Phi) is 4.36. The largest absolute Gasteiger partial charge is 0.481 e. The summed E-state index contributed by atoms with van der Waals surface area (Å²) in [5.41, 5.74) is 0.914. The Morgan fingerprint density at radius 3 is 2.70 bits per heavy atom. The van der Waals surface area contributed by atoms with Crippen molar-refractivity contribution >= 4 is 11.7 Å². The summed E-state index contributed by atoms with van der Waals surface area (Å²) in [5, 5.41) is 0. The van der Waals surface area contributed by atoms with Crippen LogP contribution in [0.2, 0.25) is 0 Å². The van der Waals surface area contributed by atoms with Gasteiger partial charge in [0.2, 0.25) is 11.8 Å². The van der Waals surface area contributed by atoms with Gasteiger partial charge < -0.3 is 14.5 Å². The third kappa shape index (κ3) is 3.56. The fraction of sp³-hybridized carbons (Fsp3) is 0.312. The molecule has 1 fully saturated rings. The Bertz CT molecular complexity index is 693. The average molecular weight is 316 g/mol. The number of nitrogens with zero attached hydrogens (tertiary/aromatic N) is 4. The number of carbonyl (C=O) groups is 1. The second kappa shape index (κ2) is 6.60. The lowest BCUT2D eigenvalue weighted by molar-refractivity contribution is -0.131. The van der Waals surface area contributed by atoms with Crippen molar-refractivity contribution in [3.05, 3.63) is 48.0 Å². The number of piperazine rings is 1. The minimum atomic E-state index is -0.275. The van der Waals surface area contributed by atoms with Gasteiger partial charge in [0.25, 0.3) is 0 Å². The van der Waals surface area contributed by atoms with Gasteiger partial charge in [-0.05, 0) is 17.7 Å². The number of ether oxygens (including phenoxy) is 1. The van der Waals surface area contributed by atoms with E-state index < -0.39 is 0 Å². The SMILES string of the molecule is COc1cc(N2CCN(Cc3ccc(F)cc3)C(=O)C2)ncn1. The second-order valence-electron chi connectivity index (χ2n) is 5.28. The Morgan fingerprint density at radius 1 is 1.22 bits per heavy atom. The molecule has 2 aromatic rings. The maximum absolute atomic E-state index is 12.9. The van der Waals surface area contributed by atoms with Gasteiger partial charge in [0.05, 0.1) is 13.7 Å². The molecule has 0 atom stereocenters. The topological polar surface area (TPSA) is 58.6 Å². The van der Waals surface area contributed by atoms with Gasteiger partial charge in [-0.1, -0.05) is 12.1 Å². The van der Waals surface area contributed by atoms with Gasteiger partial charge in [0, 0.05) is 25.7 Å². The molecular weight excluding hydrogens is 299 g/mol. The van der Waals surface area contributed by atoms with E-state index in [-0.39, 0.29) is 18.3 Å². The van der Waals surface area contributed by atoms with E-state index in [2.05, 4.69) is 9.97 Å². The Morgan fingerprint density at radius 2 is 2.00 bits per heavy atom. The molecule has 3 rings (SSSR count). The quantitative estimate of drug-likeness (QED) is 0.855. The fourth-order valence-electron chi connectivity index (χ4n) is 2.50. The molecule has 0 radical (unpaired) electrons.